The fraction of sp³-hybridized carbons (Fsp3) is 0.250. The Bertz CT molecular complexity index is 45.6. The first-order chi connectivity index (χ1) is 2.41. The van der Waals surface area contributed by atoms with Gasteiger partial charge in [0, 0.05) is 0 Å². The monoisotopic (exact) mass is 102 g/mol. The minimum atomic E-state index is 2.00. The standard InChI is InChI=1S/C4H6.Ti/c1-3-4-2;/h1,3-4H,2H3;/q;+1/b4-3-;. The molecule has 0 aromatic rings. The topological polar surface area (TPSA) is 0 Å². The number of allylic oxidation sites excluding steroid dienone is 2. The molecule has 0 saturated carbocycles. The van der Waals surface area contributed by atoms with Crippen LogP contribution in [0.3, 0.4) is 0 Å². The van der Waals surface area contributed by atoms with Crippen molar-refractivity contribution in [3.63, 3.8) is 0 Å². The van der Waals surface area contributed by atoms with Gasteiger partial charge in [0.25, 0.3) is 0 Å². The summed E-state index contributed by atoms with van der Waals surface area (Å²) in [6, 6.07) is 0. The molecule has 0 spiro atoms. The van der Waals surface area contributed by atoms with Crippen molar-refractivity contribution >= 4 is 4.31 Å². The molecule has 25 valence electrons. The average Bonchev–Trinajstić information content (AvgIpc) is 1.41. The van der Waals surface area contributed by atoms with E-state index in [2.05, 4.69) is 0 Å². The van der Waals surface area contributed by atoms with Gasteiger partial charge in [-0.15, -0.1) is 0 Å². The molecular weight excluding hydrogens is 95.9 g/mol. The van der Waals surface area contributed by atoms with Crippen LogP contribution >= 0.6 is 0 Å². The molecule has 0 fully saturated rings. The minimum absolute atomic E-state index is 2.00. The fourth-order valence-electron chi connectivity index (χ4n) is 0.0962. The van der Waals surface area contributed by atoms with Crippen molar-refractivity contribution in [2.75, 3.05) is 0 Å². The van der Waals surface area contributed by atoms with Crippen LogP contribution in [0.25, 0.3) is 0 Å². The summed E-state index contributed by atoms with van der Waals surface area (Å²) in [7, 11) is 0. The second-order valence-electron chi connectivity index (χ2n) is 0.692. The Morgan fingerprint density at radius 3 is 2.20 bits per heavy atom. The molecule has 0 aromatic heterocycles. The fourth-order valence-corrected chi connectivity index (χ4v) is 0.397. The van der Waals surface area contributed by atoms with Gasteiger partial charge in [-0.2, -0.15) is 0 Å². The average molecular weight is 102 g/mol. The van der Waals surface area contributed by atoms with Crippen LogP contribution in [-0.2, 0) is 20.0 Å². The molecule has 1 heteroatoms. The van der Waals surface area contributed by atoms with Crippen LogP contribution in [0.1, 0.15) is 6.92 Å². The Balaban J connectivity index is 2.92. The summed E-state index contributed by atoms with van der Waals surface area (Å²) in [5.74, 6) is 0. The maximum atomic E-state index is 2.00. The Morgan fingerprint density at radius 1 is 1.60 bits per heavy atom. The van der Waals surface area contributed by atoms with Gasteiger partial charge >= 0.3 is 43.4 Å². The van der Waals surface area contributed by atoms with Gasteiger partial charge in [0.2, 0.25) is 0 Å². The molecule has 0 N–H and O–H groups in total. The van der Waals surface area contributed by atoms with Crippen LogP contribution in [0.4, 0.5) is 0 Å². The third-order valence-corrected chi connectivity index (χ3v) is 0.589. The van der Waals surface area contributed by atoms with E-state index in [9.17, 15) is 0 Å². The molecule has 0 rings (SSSR count). The number of hydrogen-bond acceptors (Lipinski definition) is 0. The molecule has 0 saturated heterocycles. The van der Waals surface area contributed by atoms with Gasteiger partial charge in [0.05, 0.1) is 0 Å². The van der Waals surface area contributed by atoms with E-state index in [0.29, 0.717) is 0 Å². The van der Waals surface area contributed by atoms with Crippen molar-refractivity contribution < 1.29 is 20.0 Å². The van der Waals surface area contributed by atoms with Crippen molar-refractivity contribution in [2.24, 2.45) is 0 Å². The summed E-state index contributed by atoms with van der Waals surface area (Å²) in [6.07, 6.45) is 4.00. The number of rotatable bonds is 1. The quantitative estimate of drug-likeness (QED) is 0.431. The van der Waals surface area contributed by atoms with Crippen LogP contribution in [0, 0.1) is 0 Å². The summed E-state index contributed by atoms with van der Waals surface area (Å²) in [5.41, 5.74) is 0. The SMILES string of the molecule is C/C=C\[CH]=[Ti+]. The first-order valence-corrected chi connectivity index (χ1v) is 2.43. The van der Waals surface area contributed by atoms with E-state index >= 15 is 0 Å². The Kier molecular flexibility index (Phi) is 4.60. The third kappa shape index (κ3) is 4.32. The maximum absolute atomic E-state index is 2.00. The van der Waals surface area contributed by atoms with E-state index in [1.54, 1.807) is 0 Å². The molecule has 0 nitrogen and oxygen atoms in total. The van der Waals surface area contributed by atoms with Crippen molar-refractivity contribution in [1.29, 1.82) is 0 Å². The van der Waals surface area contributed by atoms with Crippen LogP contribution in [0.15, 0.2) is 12.2 Å². The summed E-state index contributed by atoms with van der Waals surface area (Å²) in [6.45, 7) is 2.00. The second kappa shape index (κ2) is 4.32. The van der Waals surface area contributed by atoms with Gasteiger partial charge in [-0.25, -0.2) is 0 Å². The van der Waals surface area contributed by atoms with Gasteiger partial charge < -0.3 is 0 Å². The zero-order chi connectivity index (χ0) is 4.12. The molecule has 0 aromatic carbocycles. The molecule has 0 aliphatic carbocycles. The normalized spacial score (nSPS) is 9.40. The molecule has 0 radical (unpaired) electrons. The zero-order valence-corrected chi connectivity index (χ0v) is 4.79. The Morgan fingerprint density at radius 2 is 2.20 bits per heavy atom. The molecule has 0 aliphatic heterocycles. The molecule has 5 heavy (non-hydrogen) atoms. The van der Waals surface area contributed by atoms with Gasteiger partial charge in [-0.05, 0) is 0 Å². The van der Waals surface area contributed by atoms with E-state index in [-0.39, 0.29) is 0 Å². The molecule has 0 bridgehead atoms. The van der Waals surface area contributed by atoms with E-state index in [4.69, 9.17) is 0 Å². The summed E-state index contributed by atoms with van der Waals surface area (Å²) in [4.78, 5) is 0. The Labute approximate surface area is 43.8 Å². The van der Waals surface area contributed by atoms with E-state index in [0.717, 1.165) is 0 Å². The zero-order valence-electron chi connectivity index (χ0n) is 3.23. The summed E-state index contributed by atoms with van der Waals surface area (Å²) in [5, 5.41) is 0. The van der Waals surface area contributed by atoms with Crippen molar-refractivity contribution in [3.05, 3.63) is 12.2 Å². The van der Waals surface area contributed by atoms with Crippen molar-refractivity contribution in [2.45, 2.75) is 6.92 Å². The molecule has 0 atom stereocenters. The van der Waals surface area contributed by atoms with Crippen LogP contribution in [0.5, 0.6) is 0 Å². The molecule has 0 aliphatic rings. The van der Waals surface area contributed by atoms with Crippen LogP contribution in [0.2, 0.25) is 0 Å². The number of hydrogen-bond donors (Lipinski definition) is 0. The van der Waals surface area contributed by atoms with Crippen molar-refractivity contribution in [3.8, 4) is 0 Å². The first kappa shape index (κ1) is 5.32. The molecule has 0 amide bonds. The second-order valence-corrected chi connectivity index (χ2v) is 1.21. The predicted molar refractivity (Wildman–Crippen MR) is 20.9 cm³/mol. The van der Waals surface area contributed by atoms with Gasteiger partial charge in [-0.1, -0.05) is 0 Å². The van der Waals surface area contributed by atoms with Gasteiger partial charge in [0.1, 0.15) is 0 Å². The summed E-state index contributed by atoms with van der Waals surface area (Å²) < 4.78 is 2.00. The van der Waals surface area contributed by atoms with E-state index in [1.165, 1.54) is 0 Å². The Hall–Kier alpha value is 0.324. The first-order valence-electron chi connectivity index (χ1n) is 1.53. The predicted octanol–water partition coefficient (Wildman–Crippen LogP) is 0.911. The van der Waals surface area contributed by atoms with Crippen molar-refractivity contribution in [1.82, 2.24) is 0 Å². The third-order valence-electron chi connectivity index (χ3n) is 0.289. The van der Waals surface area contributed by atoms with E-state index < -0.39 is 0 Å². The molecular formula is C4H6Ti+. The van der Waals surface area contributed by atoms with Gasteiger partial charge in [-0.3, -0.25) is 0 Å². The van der Waals surface area contributed by atoms with Crippen LogP contribution < -0.4 is 0 Å². The van der Waals surface area contributed by atoms with Crippen LogP contribution in [-0.4, -0.2) is 4.31 Å². The molecule has 0 heterocycles. The molecule has 0 unspecified atom stereocenters. The van der Waals surface area contributed by atoms with Gasteiger partial charge in [0.15, 0.2) is 0 Å². The van der Waals surface area contributed by atoms with E-state index in [1.807, 2.05) is 43.4 Å². The summed E-state index contributed by atoms with van der Waals surface area (Å²) >= 11 is 2.00.